The number of nitrogens with one attached hydrogen (secondary N) is 1. The first kappa shape index (κ1) is 16.7. The number of hydrogen-bond donors (Lipinski definition) is 3. The average Bonchev–Trinajstić information content (AvgIpc) is 2.25. The van der Waals surface area contributed by atoms with Gasteiger partial charge in [-0.05, 0) is 27.9 Å². The van der Waals surface area contributed by atoms with Gasteiger partial charge in [-0.1, -0.05) is 0 Å². The average molecular weight is 261 g/mol. The summed E-state index contributed by atoms with van der Waals surface area (Å²) in [5.74, 6) is -1.35. The fourth-order valence-electron chi connectivity index (χ4n) is 1.66. The predicted octanol–water partition coefficient (Wildman–Crippen LogP) is -0.586. The van der Waals surface area contributed by atoms with Gasteiger partial charge in [0, 0.05) is 19.1 Å². The molecule has 1 unspecified atom stereocenters. The van der Waals surface area contributed by atoms with Crippen molar-refractivity contribution >= 4 is 12.0 Å². The molecule has 0 fully saturated rings. The van der Waals surface area contributed by atoms with Gasteiger partial charge in [0.15, 0.2) is 6.10 Å². The molecule has 0 saturated carbocycles. The van der Waals surface area contributed by atoms with E-state index in [-0.39, 0.29) is 18.6 Å². The van der Waals surface area contributed by atoms with Gasteiger partial charge in [-0.2, -0.15) is 0 Å². The van der Waals surface area contributed by atoms with Gasteiger partial charge in [0.1, 0.15) is 0 Å². The predicted molar refractivity (Wildman–Crippen MR) is 67.4 cm³/mol. The number of nitrogens with zero attached hydrogens (tertiary/aromatic N) is 2. The molecule has 0 aromatic carbocycles. The van der Waals surface area contributed by atoms with E-state index >= 15 is 0 Å². The maximum atomic E-state index is 11.8. The van der Waals surface area contributed by atoms with E-state index in [1.165, 1.54) is 0 Å². The van der Waals surface area contributed by atoms with Crippen molar-refractivity contribution in [3.05, 3.63) is 0 Å². The van der Waals surface area contributed by atoms with Crippen LogP contribution in [0.1, 0.15) is 13.8 Å². The molecule has 0 aromatic heterocycles. The second kappa shape index (κ2) is 7.88. The molecule has 2 atom stereocenters. The molecule has 2 amide bonds. The summed E-state index contributed by atoms with van der Waals surface area (Å²) in [6.45, 7) is 4.70. The van der Waals surface area contributed by atoms with E-state index in [4.69, 9.17) is 10.2 Å². The Morgan fingerprint density at radius 3 is 2.28 bits per heavy atom. The number of carbonyl (C=O) groups excluding carboxylic acids is 1. The van der Waals surface area contributed by atoms with Crippen molar-refractivity contribution in [1.29, 1.82) is 0 Å². The molecule has 0 spiro atoms. The molecule has 0 radical (unpaired) electrons. The third-order valence-corrected chi connectivity index (χ3v) is 2.49. The summed E-state index contributed by atoms with van der Waals surface area (Å²) in [6, 6.07) is -0.362. The van der Waals surface area contributed by atoms with Crippen molar-refractivity contribution < 1.29 is 19.8 Å². The minimum atomic E-state index is -1.57. The molecule has 0 aliphatic heterocycles. The van der Waals surface area contributed by atoms with Crippen LogP contribution in [0.25, 0.3) is 0 Å². The highest BCUT2D eigenvalue weighted by molar-refractivity contribution is 5.77. The fourth-order valence-corrected chi connectivity index (χ4v) is 1.66. The van der Waals surface area contributed by atoms with Crippen LogP contribution in [0, 0.1) is 0 Å². The normalized spacial score (nSPS) is 14.1. The van der Waals surface area contributed by atoms with Gasteiger partial charge < -0.3 is 25.3 Å². The number of carboxylic acid groups (broad SMARTS) is 1. The monoisotopic (exact) mass is 261 g/mol. The Balaban J connectivity index is 4.30. The molecule has 0 aliphatic carbocycles. The first-order chi connectivity index (χ1) is 8.29. The lowest BCUT2D eigenvalue weighted by Crippen LogP contribution is -2.50. The third kappa shape index (κ3) is 5.83. The summed E-state index contributed by atoms with van der Waals surface area (Å²) < 4.78 is 0. The number of rotatable bonds is 7. The van der Waals surface area contributed by atoms with Crippen LogP contribution in [0.2, 0.25) is 0 Å². The number of amides is 2. The molecule has 0 rings (SSSR count). The van der Waals surface area contributed by atoms with Crippen LogP contribution >= 0.6 is 0 Å². The maximum Gasteiger partial charge on any atom is 0.334 e. The Hall–Kier alpha value is -1.34. The highest BCUT2D eigenvalue weighted by atomic mass is 16.4. The topological polar surface area (TPSA) is 93.1 Å². The van der Waals surface area contributed by atoms with Crippen LogP contribution in [0.15, 0.2) is 0 Å². The molecule has 18 heavy (non-hydrogen) atoms. The number of carbonyl (C=O) groups is 2. The summed E-state index contributed by atoms with van der Waals surface area (Å²) in [4.78, 5) is 25.8. The number of carboxylic acids is 1. The van der Waals surface area contributed by atoms with Gasteiger partial charge in [0.25, 0.3) is 0 Å². The smallest absolute Gasteiger partial charge is 0.334 e. The van der Waals surface area contributed by atoms with E-state index in [1.54, 1.807) is 4.90 Å². The molecule has 3 N–H and O–H groups in total. The quantitative estimate of drug-likeness (QED) is 0.570. The second-order valence-electron chi connectivity index (χ2n) is 4.44. The molecule has 0 saturated heterocycles. The van der Waals surface area contributed by atoms with Crippen molar-refractivity contribution in [3.63, 3.8) is 0 Å². The van der Waals surface area contributed by atoms with E-state index in [0.717, 1.165) is 0 Å². The molecule has 7 nitrogen and oxygen atoms in total. The van der Waals surface area contributed by atoms with Gasteiger partial charge in [-0.15, -0.1) is 0 Å². The number of aliphatic hydroxyl groups is 1. The van der Waals surface area contributed by atoms with Crippen LogP contribution in [0.5, 0.6) is 0 Å². The molecule has 7 heteroatoms. The zero-order valence-corrected chi connectivity index (χ0v) is 11.4. The van der Waals surface area contributed by atoms with Crippen LogP contribution < -0.4 is 5.32 Å². The lowest BCUT2D eigenvalue weighted by atomic mass is 10.2. The Bertz CT molecular complexity index is 283. The maximum absolute atomic E-state index is 11.8. The van der Waals surface area contributed by atoms with Crippen molar-refractivity contribution in [2.45, 2.75) is 26.0 Å². The third-order valence-electron chi connectivity index (χ3n) is 2.49. The van der Waals surface area contributed by atoms with Gasteiger partial charge in [0.2, 0.25) is 0 Å². The Morgan fingerprint density at radius 1 is 1.33 bits per heavy atom. The van der Waals surface area contributed by atoms with Gasteiger partial charge in [0.05, 0.1) is 6.54 Å². The summed E-state index contributed by atoms with van der Waals surface area (Å²) in [5.41, 5.74) is 0. The van der Waals surface area contributed by atoms with Gasteiger partial charge >= 0.3 is 12.0 Å². The number of aliphatic carboxylic acids is 1. The molecular formula is C11H23N3O4. The number of urea groups is 1. The van der Waals surface area contributed by atoms with Crippen molar-refractivity contribution in [2.24, 2.45) is 0 Å². The Labute approximate surface area is 107 Å². The zero-order chi connectivity index (χ0) is 14.3. The highest BCUT2D eigenvalue weighted by Crippen LogP contribution is 2.00. The fraction of sp³-hybridized carbons (Fsp3) is 0.818. The van der Waals surface area contributed by atoms with E-state index < -0.39 is 12.1 Å². The van der Waals surface area contributed by atoms with Crippen LogP contribution in [0.3, 0.4) is 0 Å². The summed E-state index contributed by atoms with van der Waals surface area (Å²) in [5, 5.41) is 20.0. The number of hydrogen-bond acceptors (Lipinski definition) is 4. The minimum Gasteiger partial charge on any atom is -0.479 e. The van der Waals surface area contributed by atoms with Crippen molar-refractivity contribution in [3.8, 4) is 0 Å². The van der Waals surface area contributed by atoms with E-state index in [1.807, 2.05) is 32.8 Å². The van der Waals surface area contributed by atoms with Gasteiger partial charge in [-0.3, -0.25) is 0 Å². The van der Waals surface area contributed by atoms with Gasteiger partial charge in [-0.25, -0.2) is 9.59 Å². The largest absolute Gasteiger partial charge is 0.479 e. The first-order valence-corrected chi connectivity index (χ1v) is 5.89. The molecular weight excluding hydrogens is 238 g/mol. The molecule has 0 bridgehead atoms. The van der Waals surface area contributed by atoms with E-state index in [9.17, 15) is 9.59 Å². The number of aliphatic hydroxyl groups excluding tert-OH is 1. The Morgan fingerprint density at radius 2 is 1.89 bits per heavy atom. The molecule has 0 aromatic rings. The molecule has 0 heterocycles. The molecule has 0 aliphatic rings. The van der Waals surface area contributed by atoms with Crippen LogP contribution in [-0.2, 0) is 4.79 Å². The summed E-state index contributed by atoms with van der Waals surface area (Å²) in [7, 11) is 3.83. The van der Waals surface area contributed by atoms with Crippen molar-refractivity contribution in [1.82, 2.24) is 15.1 Å². The zero-order valence-electron chi connectivity index (χ0n) is 11.4. The first-order valence-electron chi connectivity index (χ1n) is 5.89. The SMILES string of the molecule is CCN(C(=O)NC[C@H](O)C(=O)O)C(C)CN(C)C. The van der Waals surface area contributed by atoms with E-state index in [0.29, 0.717) is 13.1 Å². The minimum absolute atomic E-state index is 0.00645. The second-order valence-corrected chi connectivity index (χ2v) is 4.44. The van der Waals surface area contributed by atoms with Crippen LogP contribution in [-0.4, -0.2) is 77.9 Å². The summed E-state index contributed by atoms with van der Waals surface area (Å²) >= 11 is 0. The molecule has 106 valence electrons. The lowest BCUT2D eigenvalue weighted by Gasteiger charge is -2.30. The lowest BCUT2D eigenvalue weighted by molar-refractivity contribution is -0.146. The van der Waals surface area contributed by atoms with Crippen molar-refractivity contribution in [2.75, 3.05) is 33.7 Å². The summed E-state index contributed by atoms with van der Waals surface area (Å²) in [6.07, 6.45) is -1.57. The standard InChI is InChI=1S/C11H23N3O4/c1-5-14(8(2)7-13(3)4)11(18)12-6-9(15)10(16)17/h8-9,15H,5-7H2,1-4H3,(H,12,18)(H,16,17)/t8?,9-/m0/s1. The van der Waals surface area contributed by atoms with E-state index in [2.05, 4.69) is 5.32 Å². The van der Waals surface area contributed by atoms with Crippen LogP contribution in [0.4, 0.5) is 4.79 Å². The number of likely N-dealkylation sites (N-methyl/N-ethyl adjacent to an activating group) is 2. The highest BCUT2D eigenvalue weighted by Gasteiger charge is 2.21. The Kier molecular flexibility index (Phi) is 7.30.